The van der Waals surface area contributed by atoms with E-state index < -0.39 is 0 Å². The minimum Gasteiger partial charge on any atom is -0.398 e. The quantitative estimate of drug-likeness (QED) is 0.582. The number of aromatic amines is 1. The van der Waals surface area contributed by atoms with Crippen LogP contribution in [0.15, 0.2) is 39.1 Å². The van der Waals surface area contributed by atoms with Crippen molar-refractivity contribution in [3.05, 3.63) is 45.9 Å². The fourth-order valence-corrected chi connectivity index (χ4v) is 2.53. The van der Waals surface area contributed by atoms with Gasteiger partial charge < -0.3 is 16.0 Å². The van der Waals surface area contributed by atoms with Crippen molar-refractivity contribution in [2.75, 3.05) is 12.8 Å². The van der Waals surface area contributed by atoms with Crippen LogP contribution in [0.4, 0.5) is 5.69 Å². The summed E-state index contributed by atoms with van der Waals surface area (Å²) in [5, 5.41) is 2.99. The van der Waals surface area contributed by atoms with Crippen LogP contribution in [0.1, 0.15) is 16.1 Å². The molecule has 1 amide bonds. The van der Waals surface area contributed by atoms with Crippen LogP contribution in [-0.2, 0) is 0 Å². The number of nitrogens with zero attached hydrogens (tertiary/aromatic N) is 1. The van der Waals surface area contributed by atoms with Crippen LogP contribution in [0.2, 0.25) is 0 Å². The van der Waals surface area contributed by atoms with Crippen molar-refractivity contribution in [2.45, 2.75) is 17.0 Å². The number of anilines is 1. The van der Waals surface area contributed by atoms with E-state index >= 15 is 0 Å². The van der Waals surface area contributed by atoms with Gasteiger partial charge in [-0.05, 0) is 36.9 Å². The molecule has 0 spiro atoms. The van der Waals surface area contributed by atoms with Crippen LogP contribution < -0.4 is 16.6 Å². The minimum atomic E-state index is -0.221. The fourth-order valence-electron chi connectivity index (χ4n) is 1.61. The summed E-state index contributed by atoms with van der Waals surface area (Å²) in [4.78, 5) is 30.5. The normalized spacial score (nSPS) is 10.3. The molecule has 0 atom stereocenters. The zero-order valence-corrected chi connectivity index (χ0v) is 11.9. The average molecular weight is 290 g/mol. The van der Waals surface area contributed by atoms with Gasteiger partial charge in [0.05, 0.1) is 0 Å². The molecule has 0 aliphatic rings. The first-order valence-corrected chi connectivity index (χ1v) is 6.68. The molecule has 1 heterocycles. The summed E-state index contributed by atoms with van der Waals surface area (Å²) in [6.45, 7) is 1.74. The Balaban J connectivity index is 2.37. The predicted octanol–water partition coefficient (Wildman–Crippen LogP) is 1.17. The molecule has 4 N–H and O–H groups in total. The number of benzene rings is 1. The second kappa shape index (κ2) is 5.79. The number of hydrogen-bond acceptors (Lipinski definition) is 5. The molecule has 2 aromatic rings. The van der Waals surface area contributed by atoms with Crippen molar-refractivity contribution in [1.29, 1.82) is 0 Å². The molecule has 1 aromatic heterocycles. The Morgan fingerprint density at radius 1 is 1.40 bits per heavy atom. The molecule has 7 heteroatoms. The van der Waals surface area contributed by atoms with E-state index in [4.69, 9.17) is 5.73 Å². The largest absolute Gasteiger partial charge is 0.398 e. The van der Waals surface area contributed by atoms with Gasteiger partial charge in [0.2, 0.25) is 0 Å². The van der Waals surface area contributed by atoms with Crippen molar-refractivity contribution < 1.29 is 4.79 Å². The maximum absolute atomic E-state index is 11.6. The topological polar surface area (TPSA) is 101 Å². The van der Waals surface area contributed by atoms with Gasteiger partial charge in [0.25, 0.3) is 11.5 Å². The van der Waals surface area contributed by atoms with Crippen molar-refractivity contribution in [2.24, 2.45) is 0 Å². The molecule has 1 aromatic carbocycles. The monoisotopic (exact) mass is 290 g/mol. The van der Waals surface area contributed by atoms with Gasteiger partial charge in [-0.1, -0.05) is 0 Å². The summed E-state index contributed by atoms with van der Waals surface area (Å²) < 4.78 is 0. The second-order valence-corrected chi connectivity index (χ2v) is 5.16. The summed E-state index contributed by atoms with van der Waals surface area (Å²) in [5.41, 5.74) is 7.30. The summed E-state index contributed by atoms with van der Waals surface area (Å²) in [7, 11) is 1.56. The Morgan fingerprint density at radius 2 is 2.15 bits per heavy atom. The third kappa shape index (κ3) is 3.18. The van der Waals surface area contributed by atoms with Crippen LogP contribution >= 0.6 is 11.8 Å². The highest BCUT2D eigenvalue weighted by Gasteiger charge is 2.09. The van der Waals surface area contributed by atoms with Gasteiger partial charge in [-0.15, -0.1) is 0 Å². The molecule has 104 valence electrons. The smallest absolute Gasteiger partial charge is 0.251 e. The lowest BCUT2D eigenvalue weighted by atomic mass is 10.2. The predicted molar refractivity (Wildman–Crippen MR) is 78.0 cm³/mol. The van der Waals surface area contributed by atoms with Crippen LogP contribution in [0, 0.1) is 6.92 Å². The summed E-state index contributed by atoms with van der Waals surface area (Å²) >= 11 is 1.21. The van der Waals surface area contributed by atoms with Crippen molar-refractivity contribution in [3.63, 3.8) is 0 Å². The SMILES string of the molecule is CNC(=O)c1ccc(N)c(Sc2nc(C)cc(=O)[nH]2)c1. The van der Waals surface area contributed by atoms with Gasteiger partial charge in [0, 0.05) is 35.0 Å². The molecule has 0 radical (unpaired) electrons. The molecule has 0 saturated heterocycles. The third-order valence-electron chi connectivity index (χ3n) is 2.56. The zero-order chi connectivity index (χ0) is 14.7. The number of rotatable bonds is 3. The molecule has 0 saturated carbocycles. The summed E-state index contributed by atoms with van der Waals surface area (Å²) in [5.74, 6) is -0.197. The summed E-state index contributed by atoms with van der Waals surface area (Å²) in [6.07, 6.45) is 0. The van der Waals surface area contributed by atoms with Crippen molar-refractivity contribution in [1.82, 2.24) is 15.3 Å². The lowest BCUT2D eigenvalue weighted by Gasteiger charge is -2.07. The summed E-state index contributed by atoms with van der Waals surface area (Å²) in [6, 6.07) is 6.38. The Morgan fingerprint density at radius 3 is 2.80 bits per heavy atom. The van der Waals surface area contributed by atoms with E-state index in [1.165, 1.54) is 17.8 Å². The molecular formula is C13H14N4O2S. The first kappa shape index (κ1) is 14.1. The van der Waals surface area contributed by atoms with Crippen molar-refractivity contribution >= 4 is 23.4 Å². The number of hydrogen-bond donors (Lipinski definition) is 3. The minimum absolute atomic E-state index is 0.197. The lowest BCUT2D eigenvalue weighted by molar-refractivity contribution is 0.0963. The van der Waals surface area contributed by atoms with Crippen LogP contribution in [-0.4, -0.2) is 22.9 Å². The third-order valence-corrected chi connectivity index (χ3v) is 3.52. The molecule has 20 heavy (non-hydrogen) atoms. The highest BCUT2D eigenvalue weighted by molar-refractivity contribution is 7.99. The van der Waals surface area contributed by atoms with E-state index in [1.807, 2.05) is 0 Å². The lowest BCUT2D eigenvalue weighted by Crippen LogP contribution is -2.17. The molecule has 0 unspecified atom stereocenters. The molecule has 0 fully saturated rings. The van der Waals surface area contributed by atoms with E-state index in [0.717, 1.165) is 0 Å². The highest BCUT2D eigenvalue weighted by atomic mass is 32.2. The Kier molecular flexibility index (Phi) is 4.09. The molecule has 0 aliphatic heterocycles. The van der Waals surface area contributed by atoms with E-state index in [-0.39, 0.29) is 11.5 Å². The van der Waals surface area contributed by atoms with Gasteiger partial charge >= 0.3 is 0 Å². The number of aromatic nitrogens is 2. The number of H-pyrrole nitrogens is 1. The first-order chi connectivity index (χ1) is 9.49. The number of amides is 1. The number of carbonyl (C=O) groups excluding carboxylic acids is 1. The number of nitrogen functional groups attached to an aromatic ring is 1. The average Bonchev–Trinajstić information content (AvgIpc) is 2.39. The molecule has 2 rings (SSSR count). The van der Waals surface area contributed by atoms with Crippen LogP contribution in [0.3, 0.4) is 0 Å². The maximum Gasteiger partial charge on any atom is 0.251 e. The molecular weight excluding hydrogens is 276 g/mol. The van der Waals surface area contributed by atoms with Gasteiger partial charge in [0.15, 0.2) is 5.16 Å². The Labute approximate surface area is 119 Å². The molecule has 0 bridgehead atoms. The molecule has 0 aliphatic carbocycles. The zero-order valence-electron chi connectivity index (χ0n) is 11.1. The number of carbonyl (C=O) groups is 1. The standard InChI is InChI=1S/C13H14N4O2S/c1-7-5-11(18)17-13(16-7)20-10-6-8(12(19)15-2)3-4-9(10)14/h3-6H,14H2,1-2H3,(H,15,19)(H,16,17,18). The van der Waals surface area contributed by atoms with E-state index in [9.17, 15) is 9.59 Å². The van der Waals surface area contributed by atoms with Crippen LogP contribution in [0.5, 0.6) is 0 Å². The Hall–Kier alpha value is -2.28. The maximum atomic E-state index is 11.6. The number of nitrogens with one attached hydrogen (secondary N) is 2. The molecule has 6 nitrogen and oxygen atoms in total. The second-order valence-electron chi connectivity index (χ2n) is 4.13. The number of nitrogens with two attached hydrogens (primary N) is 1. The van der Waals surface area contributed by atoms with Gasteiger partial charge in [-0.3, -0.25) is 9.59 Å². The van der Waals surface area contributed by atoms with Gasteiger partial charge in [-0.2, -0.15) is 0 Å². The first-order valence-electron chi connectivity index (χ1n) is 5.87. The van der Waals surface area contributed by atoms with Crippen LogP contribution in [0.25, 0.3) is 0 Å². The fraction of sp³-hybridized carbons (Fsp3) is 0.154. The van der Waals surface area contributed by atoms with Gasteiger partial charge in [0.1, 0.15) is 0 Å². The van der Waals surface area contributed by atoms with E-state index in [1.54, 1.807) is 32.2 Å². The van der Waals surface area contributed by atoms with E-state index in [2.05, 4.69) is 15.3 Å². The number of aryl methyl sites for hydroxylation is 1. The van der Waals surface area contributed by atoms with Gasteiger partial charge in [-0.25, -0.2) is 4.98 Å². The van der Waals surface area contributed by atoms with Crippen molar-refractivity contribution in [3.8, 4) is 0 Å². The Bertz CT molecular complexity index is 712. The highest BCUT2D eigenvalue weighted by Crippen LogP contribution is 2.30. The van der Waals surface area contributed by atoms with E-state index in [0.29, 0.717) is 27.0 Å².